The summed E-state index contributed by atoms with van der Waals surface area (Å²) in [4.78, 5) is 22.8. The van der Waals surface area contributed by atoms with E-state index in [9.17, 15) is 26.4 Å². The summed E-state index contributed by atoms with van der Waals surface area (Å²) in [6.07, 6.45) is 2.73. The van der Waals surface area contributed by atoms with Gasteiger partial charge in [-0.3, -0.25) is 4.79 Å². The minimum Gasteiger partial charge on any atom is -0.467 e. The molecule has 1 atom stereocenters. The highest BCUT2D eigenvalue weighted by Crippen LogP contribution is 2.37. The summed E-state index contributed by atoms with van der Waals surface area (Å²) >= 11 is 1.46. The van der Waals surface area contributed by atoms with Gasteiger partial charge in [-0.05, 0) is 36.6 Å². The fourth-order valence-electron chi connectivity index (χ4n) is 4.74. The summed E-state index contributed by atoms with van der Waals surface area (Å²) in [6, 6.07) is 7.34. The van der Waals surface area contributed by atoms with Crippen molar-refractivity contribution in [2.24, 2.45) is 0 Å². The van der Waals surface area contributed by atoms with Gasteiger partial charge < -0.3 is 23.3 Å². The van der Waals surface area contributed by atoms with E-state index in [1.54, 1.807) is 17.0 Å². The number of pyridine rings is 1. The Labute approximate surface area is 244 Å². The largest absolute Gasteiger partial charge is 0.467 e. The van der Waals surface area contributed by atoms with Crippen molar-refractivity contribution < 1.29 is 44.8 Å². The van der Waals surface area contributed by atoms with E-state index in [0.29, 0.717) is 37.2 Å². The predicted octanol–water partition coefficient (Wildman–Crippen LogP) is 4.47. The van der Waals surface area contributed by atoms with Crippen LogP contribution in [0.25, 0.3) is 0 Å². The van der Waals surface area contributed by atoms with Crippen molar-refractivity contribution in [3.63, 3.8) is 0 Å². The SMILES string of the molecule is CS(=O)(=O)Oc1cccc2c1COC(c1csc(C3CCN(C(=O)COc4ncccc4C(F)(F)CF)CC3)n1)OC2. The first-order valence-corrected chi connectivity index (χ1v) is 15.7. The Hall–Kier alpha value is -3.27. The lowest BCUT2D eigenvalue weighted by molar-refractivity contribution is -0.155. The van der Waals surface area contributed by atoms with Crippen LogP contribution in [0.1, 0.15) is 52.4 Å². The second kappa shape index (κ2) is 12.5. The molecule has 10 nitrogen and oxygen atoms in total. The Kier molecular flexibility index (Phi) is 9.01. The summed E-state index contributed by atoms with van der Waals surface area (Å²) in [6.45, 7) is -1.29. The van der Waals surface area contributed by atoms with E-state index in [1.165, 1.54) is 23.6 Å². The number of alkyl halides is 3. The Morgan fingerprint density at radius 2 is 1.93 bits per heavy atom. The van der Waals surface area contributed by atoms with Crippen LogP contribution in [0.15, 0.2) is 41.9 Å². The van der Waals surface area contributed by atoms with Crippen molar-refractivity contribution in [2.45, 2.75) is 44.2 Å². The molecule has 2 aromatic heterocycles. The zero-order valence-electron chi connectivity index (χ0n) is 22.5. The first kappa shape index (κ1) is 30.2. The lowest BCUT2D eigenvalue weighted by atomic mass is 9.97. The molecule has 1 unspecified atom stereocenters. The summed E-state index contributed by atoms with van der Waals surface area (Å²) < 4.78 is 86.0. The maximum Gasteiger partial charge on any atom is 0.306 e. The fraction of sp³-hybridized carbons (Fsp3) is 0.444. The van der Waals surface area contributed by atoms with E-state index in [2.05, 4.69) is 4.98 Å². The molecule has 1 aromatic carbocycles. The summed E-state index contributed by atoms with van der Waals surface area (Å²) in [5.41, 5.74) is 1.24. The van der Waals surface area contributed by atoms with E-state index in [4.69, 9.17) is 23.4 Å². The van der Waals surface area contributed by atoms with Gasteiger partial charge in [0.15, 0.2) is 13.3 Å². The lowest BCUT2D eigenvalue weighted by Crippen LogP contribution is -2.40. The number of carbonyl (C=O) groups is 1. The minimum atomic E-state index is -3.76. The van der Waals surface area contributed by atoms with Gasteiger partial charge in [0.25, 0.3) is 5.91 Å². The molecule has 0 spiro atoms. The van der Waals surface area contributed by atoms with Gasteiger partial charge in [-0.15, -0.1) is 11.3 Å². The molecule has 2 aliphatic heterocycles. The monoisotopic (exact) mass is 627 g/mol. The molecule has 1 amide bonds. The van der Waals surface area contributed by atoms with Gasteiger partial charge in [-0.1, -0.05) is 12.1 Å². The van der Waals surface area contributed by atoms with Gasteiger partial charge in [-0.25, -0.2) is 14.4 Å². The minimum absolute atomic E-state index is 0.0759. The predicted molar refractivity (Wildman–Crippen MR) is 145 cm³/mol. The van der Waals surface area contributed by atoms with Crippen LogP contribution in [0.5, 0.6) is 11.6 Å². The van der Waals surface area contributed by atoms with Gasteiger partial charge in [0.05, 0.1) is 30.0 Å². The Morgan fingerprint density at radius 1 is 1.17 bits per heavy atom. The number of benzene rings is 1. The average Bonchev–Trinajstić information content (AvgIpc) is 3.36. The fourth-order valence-corrected chi connectivity index (χ4v) is 6.22. The number of carbonyl (C=O) groups excluding carboxylic acids is 1. The van der Waals surface area contributed by atoms with Gasteiger partial charge in [-0.2, -0.15) is 17.2 Å². The van der Waals surface area contributed by atoms with Crippen LogP contribution in [-0.2, 0) is 43.5 Å². The van der Waals surface area contributed by atoms with Gasteiger partial charge >= 0.3 is 16.0 Å². The first-order chi connectivity index (χ1) is 20.0. The number of rotatable bonds is 9. The van der Waals surface area contributed by atoms with Crippen molar-refractivity contribution in [1.82, 2.24) is 14.9 Å². The standard InChI is InChI=1S/C27H28F3N3O7S2/c1-42(35,36)40-22-6-2-4-18-12-38-26(39-13-19(18)22)21-15-41-25(32-21)17-7-10-33(11-8-17)23(34)14-37-24-20(5-3-9-31-24)27(29,30)16-28/h2-6,9,15,17,26H,7-8,10-14,16H2,1H3. The number of ether oxygens (including phenoxy) is 3. The van der Waals surface area contributed by atoms with E-state index in [1.807, 2.05) is 11.4 Å². The molecule has 42 heavy (non-hydrogen) atoms. The van der Waals surface area contributed by atoms with Crippen LogP contribution in [0, 0.1) is 0 Å². The molecule has 3 aromatic rings. The van der Waals surface area contributed by atoms with Gasteiger partial charge in [0.2, 0.25) is 12.2 Å². The Morgan fingerprint density at radius 3 is 2.67 bits per heavy atom. The number of aromatic nitrogens is 2. The zero-order chi connectivity index (χ0) is 29.9. The number of thiazole rings is 1. The molecular weight excluding hydrogens is 599 g/mol. The smallest absolute Gasteiger partial charge is 0.306 e. The highest BCUT2D eigenvalue weighted by Gasteiger charge is 2.36. The van der Waals surface area contributed by atoms with E-state index >= 15 is 0 Å². The Bertz CT molecular complexity index is 1530. The van der Waals surface area contributed by atoms with Crippen molar-refractivity contribution in [2.75, 3.05) is 32.6 Å². The van der Waals surface area contributed by atoms with Crippen LogP contribution in [0.3, 0.4) is 0 Å². The number of amides is 1. The molecule has 0 bridgehead atoms. The molecule has 1 saturated heterocycles. The van der Waals surface area contributed by atoms with E-state index in [-0.39, 0.29) is 30.8 Å². The van der Waals surface area contributed by atoms with Crippen LogP contribution in [0.4, 0.5) is 13.2 Å². The summed E-state index contributed by atoms with van der Waals surface area (Å²) in [7, 11) is -3.71. The normalized spacial score (nSPS) is 18.3. The van der Waals surface area contributed by atoms with Crippen molar-refractivity contribution in [3.05, 3.63) is 69.3 Å². The molecule has 5 rings (SSSR count). The molecule has 15 heteroatoms. The second-order valence-corrected chi connectivity index (χ2v) is 12.3. The summed E-state index contributed by atoms with van der Waals surface area (Å²) in [5, 5.41) is 2.72. The number of fused-ring (bicyclic) bond motifs is 1. The number of hydrogen-bond donors (Lipinski definition) is 0. The Balaban J connectivity index is 1.15. The van der Waals surface area contributed by atoms with E-state index in [0.717, 1.165) is 22.9 Å². The number of nitrogens with zero attached hydrogens (tertiary/aromatic N) is 3. The van der Waals surface area contributed by atoms with Gasteiger partial charge in [0, 0.05) is 36.1 Å². The lowest BCUT2D eigenvalue weighted by Gasteiger charge is -2.31. The third kappa shape index (κ3) is 7.02. The number of likely N-dealkylation sites (tertiary alicyclic amines) is 1. The maximum atomic E-state index is 13.9. The molecule has 0 saturated carbocycles. The molecule has 4 heterocycles. The highest BCUT2D eigenvalue weighted by atomic mass is 32.2. The summed E-state index contributed by atoms with van der Waals surface area (Å²) in [5.74, 6) is -4.32. The molecular formula is C27H28F3N3O7S2. The number of hydrogen-bond acceptors (Lipinski definition) is 10. The van der Waals surface area contributed by atoms with Crippen molar-refractivity contribution in [1.29, 1.82) is 0 Å². The highest BCUT2D eigenvalue weighted by molar-refractivity contribution is 7.86. The van der Waals surface area contributed by atoms with E-state index < -0.39 is 47.1 Å². The van der Waals surface area contributed by atoms with Crippen LogP contribution >= 0.6 is 11.3 Å². The molecule has 0 N–H and O–H groups in total. The number of piperidine rings is 1. The third-order valence-corrected chi connectivity index (χ3v) is 8.39. The van der Waals surface area contributed by atoms with Crippen molar-refractivity contribution >= 4 is 27.4 Å². The van der Waals surface area contributed by atoms with Crippen LogP contribution in [0.2, 0.25) is 0 Å². The second-order valence-electron chi connectivity index (χ2n) is 9.88. The number of halogens is 3. The topological polar surface area (TPSA) is 117 Å². The average molecular weight is 628 g/mol. The van der Waals surface area contributed by atoms with Crippen LogP contribution < -0.4 is 8.92 Å². The first-order valence-electron chi connectivity index (χ1n) is 13.0. The third-order valence-electron chi connectivity index (χ3n) is 6.88. The molecule has 2 aliphatic rings. The quantitative estimate of drug-likeness (QED) is 0.317. The van der Waals surface area contributed by atoms with Gasteiger partial charge in [0.1, 0.15) is 11.4 Å². The molecule has 0 aliphatic carbocycles. The van der Waals surface area contributed by atoms with Crippen LogP contribution in [-0.4, -0.2) is 61.8 Å². The zero-order valence-corrected chi connectivity index (χ0v) is 24.1. The molecule has 1 fully saturated rings. The molecule has 226 valence electrons. The van der Waals surface area contributed by atoms with Crippen molar-refractivity contribution in [3.8, 4) is 11.6 Å². The molecule has 0 radical (unpaired) electrons. The maximum absolute atomic E-state index is 13.9.